The highest BCUT2D eigenvalue weighted by Gasteiger charge is 2.22. The molecule has 0 aliphatic heterocycles. The van der Waals surface area contributed by atoms with Crippen molar-refractivity contribution in [2.24, 2.45) is 5.41 Å². The maximum absolute atomic E-state index is 11.0. The Labute approximate surface area is 70.5 Å². The van der Waals surface area contributed by atoms with Gasteiger partial charge in [-0.1, -0.05) is 11.8 Å². The first-order valence-electron chi connectivity index (χ1n) is 3.21. The molecular weight excluding hydrogens is 164 g/mol. The predicted molar refractivity (Wildman–Crippen MR) is 44.8 cm³/mol. The van der Waals surface area contributed by atoms with E-state index in [1.54, 1.807) is 20.8 Å². The summed E-state index contributed by atoms with van der Waals surface area (Å²) in [6.07, 6.45) is 0. The number of hydrogen-bond donors (Lipinski definition) is 0. The van der Waals surface area contributed by atoms with E-state index in [4.69, 9.17) is 4.74 Å². The highest BCUT2D eigenvalue weighted by molar-refractivity contribution is 8.11. The number of carbonyl (C=O) groups excluding carboxylic acids is 2. The van der Waals surface area contributed by atoms with Crippen molar-refractivity contribution in [1.82, 2.24) is 0 Å². The zero-order valence-corrected chi connectivity index (χ0v) is 7.73. The molecule has 0 rings (SSSR count). The Morgan fingerprint density at radius 1 is 1.55 bits per heavy atom. The van der Waals surface area contributed by atoms with E-state index >= 15 is 0 Å². The number of carbonyl (C=O) groups is 2. The van der Waals surface area contributed by atoms with Gasteiger partial charge in [0.2, 0.25) is 0 Å². The van der Waals surface area contributed by atoms with E-state index in [-0.39, 0.29) is 11.9 Å². The molecule has 0 atom stereocenters. The Bertz CT molecular complexity index is 148. The van der Waals surface area contributed by atoms with Crippen molar-refractivity contribution in [1.29, 1.82) is 0 Å². The fourth-order valence-electron chi connectivity index (χ4n) is 0.332. The molecule has 0 saturated carbocycles. The van der Waals surface area contributed by atoms with Crippen LogP contribution in [0.15, 0.2) is 0 Å². The Kier molecular flexibility index (Phi) is 4.18. The van der Waals surface area contributed by atoms with Gasteiger partial charge in [-0.25, -0.2) is 0 Å². The van der Waals surface area contributed by atoms with E-state index in [0.717, 1.165) is 11.8 Å². The molecule has 11 heavy (non-hydrogen) atoms. The van der Waals surface area contributed by atoms with Gasteiger partial charge in [0.25, 0.3) is 0 Å². The monoisotopic (exact) mass is 176 g/mol. The number of hydrogen-bond acceptors (Lipinski definition) is 4. The van der Waals surface area contributed by atoms with E-state index < -0.39 is 5.41 Å². The summed E-state index contributed by atoms with van der Waals surface area (Å²) in [6.45, 7) is 5.29. The highest BCUT2D eigenvalue weighted by Crippen LogP contribution is 2.15. The maximum atomic E-state index is 11.0. The van der Waals surface area contributed by atoms with Gasteiger partial charge in [0.15, 0.2) is 5.62 Å². The molecule has 0 saturated heterocycles. The van der Waals surface area contributed by atoms with Crippen LogP contribution in [-0.2, 0) is 14.3 Å². The van der Waals surface area contributed by atoms with Crippen molar-refractivity contribution < 1.29 is 14.3 Å². The normalized spacial score (nSPS) is 10.8. The largest absolute Gasteiger partial charge is 0.454 e. The quantitative estimate of drug-likeness (QED) is 0.282. The molecule has 0 aromatic heterocycles. The van der Waals surface area contributed by atoms with Crippen LogP contribution in [0.5, 0.6) is 0 Å². The third-order valence-corrected chi connectivity index (χ3v) is 1.33. The molecule has 0 unspecified atom stereocenters. The lowest BCUT2D eigenvalue weighted by Crippen LogP contribution is -2.22. The van der Waals surface area contributed by atoms with Crippen molar-refractivity contribution in [3.8, 4) is 0 Å². The fraction of sp³-hybridized carbons (Fsp3) is 0.714. The standard InChI is InChI=1S/C7H12O3S/c1-7(2,3)6(9)10-5-11-4-8/h4H,5H2,1-3H3. The predicted octanol–water partition coefficient (Wildman–Crippen LogP) is 1.46. The van der Waals surface area contributed by atoms with Gasteiger partial charge in [-0.05, 0) is 20.8 Å². The number of rotatable bonds is 3. The second kappa shape index (κ2) is 4.38. The molecule has 64 valence electrons. The average Bonchev–Trinajstić information content (AvgIpc) is 1.86. The summed E-state index contributed by atoms with van der Waals surface area (Å²) >= 11 is 0.929. The van der Waals surface area contributed by atoms with Gasteiger partial charge in [0.05, 0.1) is 5.41 Å². The molecular formula is C7H12O3S. The molecule has 0 N–H and O–H groups in total. The van der Waals surface area contributed by atoms with Gasteiger partial charge in [-0.2, -0.15) is 0 Å². The third-order valence-electron chi connectivity index (χ3n) is 0.938. The summed E-state index contributed by atoms with van der Waals surface area (Å²) in [5.41, 5.74) is 0.166. The molecule has 0 aliphatic rings. The van der Waals surface area contributed by atoms with Crippen LogP contribution in [-0.4, -0.2) is 17.5 Å². The van der Waals surface area contributed by atoms with Gasteiger partial charge >= 0.3 is 5.97 Å². The van der Waals surface area contributed by atoms with E-state index in [9.17, 15) is 9.59 Å². The van der Waals surface area contributed by atoms with Crippen LogP contribution in [0.2, 0.25) is 0 Å². The van der Waals surface area contributed by atoms with Gasteiger partial charge < -0.3 is 4.74 Å². The molecule has 0 heterocycles. The number of esters is 1. The Morgan fingerprint density at radius 3 is 2.45 bits per heavy atom. The number of ether oxygens (including phenoxy) is 1. The van der Waals surface area contributed by atoms with E-state index in [2.05, 4.69) is 0 Å². The highest BCUT2D eigenvalue weighted by atomic mass is 32.2. The zero-order valence-electron chi connectivity index (χ0n) is 6.92. The summed E-state index contributed by atoms with van der Waals surface area (Å²) in [5, 5.41) is 0. The SMILES string of the molecule is CC(C)(C)C(=O)OCSC=O. The third kappa shape index (κ3) is 4.84. The van der Waals surface area contributed by atoms with Crippen LogP contribution in [0.25, 0.3) is 0 Å². The van der Waals surface area contributed by atoms with Crippen LogP contribution in [0.4, 0.5) is 0 Å². The van der Waals surface area contributed by atoms with Crippen molar-refractivity contribution >= 4 is 23.3 Å². The summed E-state index contributed by atoms with van der Waals surface area (Å²) < 4.78 is 4.74. The molecule has 4 heteroatoms. The van der Waals surface area contributed by atoms with Crippen molar-refractivity contribution in [3.05, 3.63) is 0 Å². The molecule has 0 bridgehead atoms. The molecule has 0 radical (unpaired) electrons. The minimum absolute atomic E-state index is 0.111. The lowest BCUT2D eigenvalue weighted by atomic mass is 9.98. The van der Waals surface area contributed by atoms with E-state index in [0.29, 0.717) is 5.62 Å². The smallest absolute Gasteiger partial charge is 0.312 e. The van der Waals surface area contributed by atoms with Crippen molar-refractivity contribution in [2.75, 3.05) is 5.94 Å². The minimum atomic E-state index is -0.483. The second-order valence-corrected chi connectivity index (χ2v) is 3.82. The molecule has 0 amide bonds. The minimum Gasteiger partial charge on any atom is -0.454 e. The lowest BCUT2D eigenvalue weighted by molar-refractivity contribution is -0.150. The number of thioether (sulfide) groups is 1. The molecule has 0 aliphatic carbocycles. The second-order valence-electron chi connectivity index (χ2n) is 3.06. The van der Waals surface area contributed by atoms with Gasteiger partial charge in [-0.15, -0.1) is 0 Å². The van der Waals surface area contributed by atoms with Crippen LogP contribution >= 0.6 is 11.8 Å². The van der Waals surface area contributed by atoms with E-state index in [1.807, 2.05) is 0 Å². The Balaban J connectivity index is 3.62. The first kappa shape index (κ1) is 10.5. The fourth-order valence-corrected chi connectivity index (χ4v) is 0.562. The molecule has 0 fully saturated rings. The molecule has 0 aromatic carbocycles. The summed E-state index contributed by atoms with van der Waals surface area (Å²) in [5.74, 6) is -0.175. The Hall–Kier alpha value is -0.510. The van der Waals surface area contributed by atoms with Gasteiger partial charge in [0.1, 0.15) is 5.94 Å². The zero-order chi connectivity index (χ0) is 8.91. The summed E-state index contributed by atoms with van der Waals surface area (Å²) in [6, 6.07) is 0. The Morgan fingerprint density at radius 2 is 2.09 bits per heavy atom. The first-order valence-corrected chi connectivity index (χ1v) is 4.26. The lowest BCUT2D eigenvalue weighted by Gasteiger charge is -2.15. The molecule has 0 spiro atoms. The topological polar surface area (TPSA) is 43.4 Å². The van der Waals surface area contributed by atoms with Crippen LogP contribution < -0.4 is 0 Å². The van der Waals surface area contributed by atoms with Crippen molar-refractivity contribution in [3.63, 3.8) is 0 Å². The summed E-state index contributed by atoms with van der Waals surface area (Å²) in [7, 11) is 0. The van der Waals surface area contributed by atoms with Crippen LogP contribution in [0, 0.1) is 5.41 Å². The van der Waals surface area contributed by atoms with E-state index in [1.165, 1.54) is 0 Å². The van der Waals surface area contributed by atoms with Crippen LogP contribution in [0.1, 0.15) is 20.8 Å². The average molecular weight is 176 g/mol. The maximum Gasteiger partial charge on any atom is 0.312 e. The van der Waals surface area contributed by atoms with Gasteiger partial charge in [0, 0.05) is 0 Å². The van der Waals surface area contributed by atoms with Crippen molar-refractivity contribution in [2.45, 2.75) is 20.8 Å². The first-order chi connectivity index (χ1) is 4.98. The van der Waals surface area contributed by atoms with Crippen LogP contribution in [0.3, 0.4) is 0 Å². The summed E-state index contributed by atoms with van der Waals surface area (Å²) in [4.78, 5) is 20.8. The molecule has 3 nitrogen and oxygen atoms in total. The van der Waals surface area contributed by atoms with Gasteiger partial charge in [-0.3, -0.25) is 9.59 Å². The molecule has 0 aromatic rings.